The number of thioether (sulfide) groups is 1. The fourth-order valence-corrected chi connectivity index (χ4v) is 3.41. The first-order valence-electron chi connectivity index (χ1n) is 8.59. The lowest BCUT2D eigenvalue weighted by Gasteiger charge is -2.15. The fourth-order valence-electron chi connectivity index (χ4n) is 2.43. The Morgan fingerprint density at radius 3 is 2.48 bits per heavy atom. The quantitative estimate of drug-likeness (QED) is 0.529. The summed E-state index contributed by atoms with van der Waals surface area (Å²) in [5.74, 6) is 1.84. The number of aromatic nitrogens is 2. The van der Waals surface area contributed by atoms with Crippen molar-refractivity contribution < 1.29 is 9.32 Å². The second-order valence-electron chi connectivity index (χ2n) is 6.06. The molecule has 0 aliphatic rings. The molecule has 1 heterocycles. The van der Waals surface area contributed by atoms with Gasteiger partial charge in [0.25, 0.3) is 5.91 Å². The van der Waals surface area contributed by atoms with Crippen molar-refractivity contribution in [1.29, 1.82) is 0 Å². The van der Waals surface area contributed by atoms with Crippen molar-refractivity contribution in [3.63, 3.8) is 0 Å². The molecule has 0 N–H and O–H groups in total. The Morgan fingerprint density at radius 1 is 1.15 bits per heavy atom. The van der Waals surface area contributed by atoms with Crippen LogP contribution in [0.25, 0.3) is 0 Å². The van der Waals surface area contributed by atoms with Gasteiger partial charge in [0.1, 0.15) is 0 Å². The molecule has 0 unspecified atom stereocenters. The highest BCUT2D eigenvalue weighted by Gasteiger charge is 2.15. The molecule has 0 bridgehead atoms. The summed E-state index contributed by atoms with van der Waals surface area (Å²) >= 11 is 7.63. The lowest BCUT2D eigenvalue weighted by molar-refractivity contribution is 0.0769. The topological polar surface area (TPSA) is 59.2 Å². The van der Waals surface area contributed by atoms with E-state index in [-0.39, 0.29) is 5.91 Å². The van der Waals surface area contributed by atoms with Crippen molar-refractivity contribution in [2.24, 2.45) is 0 Å². The zero-order valence-electron chi connectivity index (χ0n) is 15.2. The number of rotatable bonds is 7. The van der Waals surface area contributed by atoms with E-state index in [0.717, 1.165) is 21.2 Å². The Labute approximate surface area is 167 Å². The zero-order chi connectivity index (χ0) is 19.2. The van der Waals surface area contributed by atoms with Crippen LogP contribution in [0.15, 0.2) is 57.9 Å². The van der Waals surface area contributed by atoms with Gasteiger partial charge in [0.05, 0.1) is 6.54 Å². The number of halogens is 1. The van der Waals surface area contributed by atoms with Gasteiger partial charge in [0, 0.05) is 34.7 Å². The van der Waals surface area contributed by atoms with Crippen molar-refractivity contribution in [1.82, 2.24) is 15.0 Å². The predicted octanol–water partition coefficient (Wildman–Crippen LogP) is 4.85. The average molecular weight is 402 g/mol. The maximum absolute atomic E-state index is 12.6. The van der Waals surface area contributed by atoms with Crippen LogP contribution in [0.5, 0.6) is 0 Å². The summed E-state index contributed by atoms with van der Waals surface area (Å²) in [7, 11) is 1.72. The van der Waals surface area contributed by atoms with Crippen LogP contribution >= 0.6 is 23.4 Å². The second kappa shape index (κ2) is 9.06. The van der Waals surface area contributed by atoms with Gasteiger partial charge in [-0.25, -0.2) is 0 Å². The molecule has 27 heavy (non-hydrogen) atoms. The second-order valence-corrected chi connectivity index (χ2v) is 7.54. The summed E-state index contributed by atoms with van der Waals surface area (Å²) < 4.78 is 5.15. The number of hydrogen-bond donors (Lipinski definition) is 0. The van der Waals surface area contributed by atoms with Crippen LogP contribution in [0.1, 0.15) is 34.6 Å². The van der Waals surface area contributed by atoms with Gasteiger partial charge in [-0.1, -0.05) is 35.8 Å². The van der Waals surface area contributed by atoms with E-state index in [4.69, 9.17) is 16.1 Å². The molecule has 0 aliphatic carbocycles. The van der Waals surface area contributed by atoms with Gasteiger partial charge in [-0.05, 0) is 42.0 Å². The Kier molecular flexibility index (Phi) is 6.53. The SMILES string of the molecule is CCc1noc(CN(C)C(=O)c2ccc(CSc3ccc(Cl)cc3)cc2)n1. The normalized spacial score (nSPS) is 10.8. The van der Waals surface area contributed by atoms with Crippen molar-refractivity contribution in [2.45, 2.75) is 30.5 Å². The van der Waals surface area contributed by atoms with E-state index in [9.17, 15) is 4.79 Å². The molecule has 1 aromatic heterocycles. The van der Waals surface area contributed by atoms with E-state index >= 15 is 0 Å². The van der Waals surface area contributed by atoms with E-state index < -0.39 is 0 Å². The first kappa shape index (κ1) is 19.5. The van der Waals surface area contributed by atoms with Crippen LogP contribution in [-0.4, -0.2) is 28.0 Å². The monoisotopic (exact) mass is 401 g/mol. The molecule has 2 aromatic carbocycles. The Hall–Kier alpha value is -2.31. The standard InChI is InChI=1S/C20H20ClN3O2S/c1-3-18-22-19(26-23-18)12-24(2)20(25)15-6-4-14(5-7-15)13-27-17-10-8-16(21)9-11-17/h4-11H,3,12-13H2,1-2H3. The van der Waals surface area contributed by atoms with Gasteiger partial charge in [-0.2, -0.15) is 4.98 Å². The summed E-state index contributed by atoms with van der Waals surface area (Å²) in [6.07, 6.45) is 0.705. The maximum Gasteiger partial charge on any atom is 0.254 e. The van der Waals surface area contributed by atoms with E-state index in [1.165, 1.54) is 0 Å². The molecule has 3 aromatic rings. The van der Waals surface area contributed by atoms with Crippen LogP contribution in [-0.2, 0) is 18.7 Å². The lowest BCUT2D eigenvalue weighted by Crippen LogP contribution is -2.26. The van der Waals surface area contributed by atoms with Crippen LogP contribution in [0.2, 0.25) is 5.02 Å². The number of carbonyl (C=O) groups excluding carboxylic acids is 1. The van der Waals surface area contributed by atoms with E-state index in [0.29, 0.717) is 30.2 Å². The summed E-state index contributed by atoms with van der Waals surface area (Å²) in [5.41, 5.74) is 1.78. The predicted molar refractivity (Wildman–Crippen MR) is 107 cm³/mol. The molecule has 0 radical (unpaired) electrons. The van der Waals surface area contributed by atoms with Gasteiger partial charge in [0.2, 0.25) is 5.89 Å². The van der Waals surface area contributed by atoms with Crippen molar-refractivity contribution in [3.05, 3.63) is 76.4 Å². The lowest BCUT2D eigenvalue weighted by atomic mass is 10.1. The van der Waals surface area contributed by atoms with Crippen LogP contribution in [0.4, 0.5) is 0 Å². The Morgan fingerprint density at radius 2 is 1.85 bits per heavy atom. The average Bonchev–Trinajstić information content (AvgIpc) is 3.15. The summed E-state index contributed by atoms with van der Waals surface area (Å²) in [4.78, 5) is 19.5. The molecule has 0 spiro atoms. The van der Waals surface area contributed by atoms with Crippen molar-refractivity contribution in [2.75, 3.05) is 7.05 Å². The van der Waals surface area contributed by atoms with Crippen molar-refractivity contribution in [3.8, 4) is 0 Å². The number of amides is 1. The summed E-state index contributed by atoms with van der Waals surface area (Å²) in [6, 6.07) is 15.4. The molecule has 140 valence electrons. The largest absolute Gasteiger partial charge is 0.337 e. The van der Waals surface area contributed by atoms with Crippen LogP contribution < -0.4 is 0 Å². The molecule has 0 saturated carbocycles. The third-order valence-electron chi connectivity index (χ3n) is 3.97. The molecule has 3 rings (SSSR count). The van der Waals surface area contributed by atoms with Gasteiger partial charge in [-0.15, -0.1) is 11.8 Å². The summed E-state index contributed by atoms with van der Waals surface area (Å²) in [6.45, 7) is 2.25. The molecule has 0 saturated heterocycles. The van der Waals surface area contributed by atoms with Crippen molar-refractivity contribution >= 4 is 29.3 Å². The smallest absolute Gasteiger partial charge is 0.254 e. The molecule has 0 aliphatic heterocycles. The van der Waals surface area contributed by atoms with Gasteiger partial charge in [-0.3, -0.25) is 4.79 Å². The molecule has 1 amide bonds. The number of aryl methyl sites for hydroxylation is 1. The number of hydrogen-bond acceptors (Lipinski definition) is 5. The maximum atomic E-state index is 12.6. The molecule has 5 nitrogen and oxygen atoms in total. The third-order valence-corrected chi connectivity index (χ3v) is 5.30. The van der Waals surface area contributed by atoms with Gasteiger partial charge < -0.3 is 9.42 Å². The van der Waals surface area contributed by atoms with E-state index in [2.05, 4.69) is 10.1 Å². The first-order chi connectivity index (χ1) is 13.0. The highest BCUT2D eigenvalue weighted by atomic mass is 35.5. The van der Waals surface area contributed by atoms with E-state index in [1.807, 2.05) is 55.5 Å². The number of benzene rings is 2. The molecular weight excluding hydrogens is 382 g/mol. The summed E-state index contributed by atoms with van der Waals surface area (Å²) in [5, 5.41) is 4.58. The fraction of sp³-hybridized carbons (Fsp3) is 0.250. The molecule has 0 atom stereocenters. The molecule has 0 fully saturated rings. The van der Waals surface area contributed by atoms with Gasteiger partial charge >= 0.3 is 0 Å². The van der Waals surface area contributed by atoms with Crippen LogP contribution in [0, 0.1) is 0 Å². The minimum atomic E-state index is -0.0804. The number of nitrogens with zero attached hydrogens (tertiary/aromatic N) is 3. The molecular formula is C20H20ClN3O2S. The van der Waals surface area contributed by atoms with Gasteiger partial charge in [0.15, 0.2) is 5.82 Å². The highest BCUT2D eigenvalue weighted by Crippen LogP contribution is 2.24. The van der Waals surface area contributed by atoms with E-state index in [1.54, 1.807) is 23.7 Å². The number of carbonyl (C=O) groups is 1. The first-order valence-corrected chi connectivity index (χ1v) is 9.95. The minimum Gasteiger partial charge on any atom is -0.337 e. The Bertz CT molecular complexity index is 894. The zero-order valence-corrected chi connectivity index (χ0v) is 16.8. The Balaban J connectivity index is 1.56. The molecule has 7 heteroatoms. The minimum absolute atomic E-state index is 0.0804. The highest BCUT2D eigenvalue weighted by molar-refractivity contribution is 7.98. The third kappa shape index (κ3) is 5.34. The van der Waals surface area contributed by atoms with Crippen LogP contribution in [0.3, 0.4) is 0 Å².